The molecule has 1 aromatic carbocycles. The fourth-order valence-corrected chi connectivity index (χ4v) is 4.31. The maximum atomic E-state index is 12.8. The number of amides is 2. The first-order valence-electron chi connectivity index (χ1n) is 11.6. The summed E-state index contributed by atoms with van der Waals surface area (Å²) in [5, 5.41) is 2.87. The van der Waals surface area contributed by atoms with E-state index in [4.69, 9.17) is 0 Å². The van der Waals surface area contributed by atoms with Gasteiger partial charge in [-0.25, -0.2) is 4.39 Å². The van der Waals surface area contributed by atoms with E-state index in [1.807, 2.05) is 30.3 Å². The minimum atomic E-state index is -0.522. The summed E-state index contributed by atoms with van der Waals surface area (Å²) < 4.78 is 12.6. The summed E-state index contributed by atoms with van der Waals surface area (Å²) in [5.74, 6) is -0.238. The van der Waals surface area contributed by atoms with Crippen molar-refractivity contribution in [2.75, 3.05) is 39.9 Å². The lowest BCUT2D eigenvalue weighted by Gasteiger charge is -2.32. The number of H-pyrrole nitrogens is 1. The molecule has 1 unspecified atom stereocenters. The molecule has 8 heteroatoms. The summed E-state index contributed by atoms with van der Waals surface area (Å²) in [7, 11) is 1.63. The van der Waals surface area contributed by atoms with Crippen molar-refractivity contribution < 1.29 is 14.0 Å². The normalized spacial score (nSPS) is 16.4. The third kappa shape index (κ3) is 7.25. The summed E-state index contributed by atoms with van der Waals surface area (Å²) in [6.45, 7) is 2.94. The molecule has 178 valence electrons. The predicted octanol–water partition coefficient (Wildman–Crippen LogP) is 2.84. The van der Waals surface area contributed by atoms with E-state index >= 15 is 0 Å². The number of hydrogen-bond donors (Lipinski definition) is 2. The van der Waals surface area contributed by atoms with E-state index in [1.54, 1.807) is 7.05 Å². The maximum Gasteiger partial charge on any atom is 0.260 e. The lowest BCUT2D eigenvalue weighted by Crippen LogP contribution is -2.37. The van der Waals surface area contributed by atoms with Crippen LogP contribution in [0.15, 0.2) is 47.4 Å². The van der Waals surface area contributed by atoms with Gasteiger partial charge in [-0.2, -0.15) is 0 Å². The second-order valence-corrected chi connectivity index (χ2v) is 8.67. The maximum absolute atomic E-state index is 12.8. The topological polar surface area (TPSA) is 85.5 Å². The summed E-state index contributed by atoms with van der Waals surface area (Å²) in [4.78, 5) is 43.7. The molecular weight excluding hydrogens is 423 g/mol. The molecule has 0 saturated carbocycles. The second-order valence-electron chi connectivity index (χ2n) is 8.67. The number of likely N-dealkylation sites (tertiary alicyclic amines) is 1. The van der Waals surface area contributed by atoms with Crippen molar-refractivity contribution in [2.24, 2.45) is 5.92 Å². The van der Waals surface area contributed by atoms with Crippen LogP contribution in [0.25, 0.3) is 0 Å². The van der Waals surface area contributed by atoms with Gasteiger partial charge in [-0.15, -0.1) is 0 Å². The highest BCUT2D eigenvalue weighted by Crippen LogP contribution is 2.20. The van der Waals surface area contributed by atoms with Crippen LogP contribution in [-0.2, 0) is 6.54 Å². The zero-order valence-electron chi connectivity index (χ0n) is 19.2. The number of hydrogen-bond acceptors (Lipinski definition) is 4. The predicted molar refractivity (Wildman–Crippen MR) is 126 cm³/mol. The zero-order valence-corrected chi connectivity index (χ0v) is 19.2. The summed E-state index contributed by atoms with van der Waals surface area (Å²) in [5.41, 5.74) is 0.616. The van der Waals surface area contributed by atoms with Crippen molar-refractivity contribution in [1.82, 2.24) is 20.1 Å². The molecule has 2 amide bonds. The van der Waals surface area contributed by atoms with Crippen LogP contribution in [0.5, 0.6) is 0 Å². The van der Waals surface area contributed by atoms with Crippen LogP contribution in [0.2, 0.25) is 0 Å². The third-order valence-corrected chi connectivity index (χ3v) is 6.08. The molecule has 0 aliphatic carbocycles. The van der Waals surface area contributed by atoms with E-state index in [2.05, 4.69) is 15.2 Å². The molecule has 1 atom stereocenters. The fourth-order valence-electron chi connectivity index (χ4n) is 4.31. The average Bonchev–Trinajstić information content (AvgIpc) is 2.82. The number of piperidine rings is 1. The van der Waals surface area contributed by atoms with Gasteiger partial charge < -0.3 is 20.1 Å². The van der Waals surface area contributed by atoms with Gasteiger partial charge in [0, 0.05) is 39.4 Å². The Morgan fingerprint density at radius 1 is 1.27 bits per heavy atom. The first kappa shape index (κ1) is 24.6. The van der Waals surface area contributed by atoms with Crippen molar-refractivity contribution in [1.29, 1.82) is 0 Å². The summed E-state index contributed by atoms with van der Waals surface area (Å²) >= 11 is 0. The van der Waals surface area contributed by atoms with Gasteiger partial charge in [0.2, 0.25) is 0 Å². The molecule has 1 fully saturated rings. The standard InChI is InChI=1S/C25H33FN4O3/c1-29(17-19-7-3-2-4-8-19)25(33)22-15-21(16-28-24(22)32)23(31)27-12-5-9-20-10-6-13-30(18-20)14-11-26/h2-4,7-8,15-16,20H,5-6,9-14,17-18H2,1H3,(H,27,31)(H,28,32). The van der Waals surface area contributed by atoms with Crippen molar-refractivity contribution in [3.8, 4) is 0 Å². The Morgan fingerprint density at radius 3 is 2.82 bits per heavy atom. The number of rotatable bonds is 10. The highest BCUT2D eigenvalue weighted by Gasteiger charge is 2.20. The number of nitrogens with zero attached hydrogens (tertiary/aromatic N) is 2. The number of halogens is 1. The van der Waals surface area contributed by atoms with E-state index in [0.29, 0.717) is 25.6 Å². The van der Waals surface area contributed by atoms with Gasteiger partial charge in [0.15, 0.2) is 0 Å². The number of carbonyl (C=O) groups is 2. The van der Waals surface area contributed by atoms with Gasteiger partial charge in [0.05, 0.1) is 5.56 Å². The number of alkyl halides is 1. The van der Waals surface area contributed by atoms with Gasteiger partial charge in [-0.1, -0.05) is 30.3 Å². The molecular formula is C25H33FN4O3. The number of aromatic amines is 1. The van der Waals surface area contributed by atoms with Crippen molar-refractivity contribution in [3.63, 3.8) is 0 Å². The highest BCUT2D eigenvalue weighted by molar-refractivity contribution is 5.99. The van der Waals surface area contributed by atoms with Crippen LogP contribution in [0.3, 0.4) is 0 Å². The minimum absolute atomic E-state index is 0.0590. The number of pyridine rings is 1. The quantitative estimate of drug-likeness (QED) is 0.539. The average molecular weight is 457 g/mol. The molecule has 2 aromatic rings. The SMILES string of the molecule is CN(Cc1ccccc1)C(=O)c1cc(C(=O)NCCCC2CCCN(CCF)C2)c[nH]c1=O. The van der Waals surface area contributed by atoms with Crippen molar-refractivity contribution >= 4 is 11.8 Å². The highest BCUT2D eigenvalue weighted by atomic mass is 19.1. The van der Waals surface area contributed by atoms with Crippen LogP contribution in [-0.4, -0.2) is 66.5 Å². The van der Waals surface area contributed by atoms with Gasteiger partial charge >= 0.3 is 0 Å². The summed E-state index contributed by atoms with van der Waals surface area (Å²) in [6, 6.07) is 10.8. The smallest absolute Gasteiger partial charge is 0.260 e. The van der Waals surface area contributed by atoms with E-state index < -0.39 is 11.5 Å². The van der Waals surface area contributed by atoms with E-state index in [9.17, 15) is 18.8 Å². The largest absolute Gasteiger partial charge is 0.352 e. The molecule has 1 aliphatic heterocycles. The molecule has 0 bridgehead atoms. The van der Waals surface area contributed by atoms with Gasteiger partial charge in [0.1, 0.15) is 12.2 Å². The van der Waals surface area contributed by atoms with Crippen LogP contribution in [0.1, 0.15) is 52.0 Å². The Kier molecular flexibility index (Phi) is 9.18. The number of benzene rings is 1. The monoisotopic (exact) mass is 456 g/mol. The van der Waals surface area contributed by atoms with Crippen LogP contribution < -0.4 is 10.9 Å². The molecule has 1 aliphatic rings. The Balaban J connectivity index is 1.51. The Labute approximate surface area is 194 Å². The molecule has 0 radical (unpaired) electrons. The van der Waals surface area contributed by atoms with Crippen LogP contribution in [0.4, 0.5) is 4.39 Å². The lowest BCUT2D eigenvalue weighted by atomic mass is 9.93. The zero-order chi connectivity index (χ0) is 23.6. The van der Waals surface area contributed by atoms with Crippen molar-refractivity contribution in [2.45, 2.75) is 32.2 Å². The first-order valence-corrected chi connectivity index (χ1v) is 11.6. The number of carbonyl (C=O) groups excluding carboxylic acids is 2. The van der Waals surface area contributed by atoms with Gasteiger partial charge in [-0.05, 0) is 49.8 Å². The Bertz CT molecular complexity index is 977. The first-order chi connectivity index (χ1) is 16.0. The molecule has 7 nitrogen and oxygen atoms in total. The number of nitrogens with one attached hydrogen (secondary N) is 2. The molecule has 1 aromatic heterocycles. The van der Waals surface area contributed by atoms with Gasteiger partial charge in [-0.3, -0.25) is 14.4 Å². The van der Waals surface area contributed by atoms with E-state index in [1.165, 1.54) is 17.2 Å². The van der Waals surface area contributed by atoms with Crippen molar-refractivity contribution in [3.05, 3.63) is 69.6 Å². The van der Waals surface area contributed by atoms with Gasteiger partial charge in [0.25, 0.3) is 17.4 Å². The minimum Gasteiger partial charge on any atom is -0.352 e. The third-order valence-electron chi connectivity index (χ3n) is 6.08. The Morgan fingerprint density at radius 2 is 2.06 bits per heavy atom. The molecule has 33 heavy (non-hydrogen) atoms. The molecule has 0 spiro atoms. The fraction of sp³-hybridized carbons (Fsp3) is 0.480. The molecule has 1 saturated heterocycles. The lowest BCUT2D eigenvalue weighted by molar-refractivity contribution is 0.0783. The Hall–Kier alpha value is -3.00. The van der Waals surface area contributed by atoms with E-state index in [0.717, 1.165) is 44.3 Å². The summed E-state index contributed by atoms with van der Waals surface area (Å²) in [6.07, 6.45) is 5.36. The van der Waals surface area contributed by atoms with Crippen LogP contribution in [0, 0.1) is 5.92 Å². The molecule has 3 rings (SSSR count). The van der Waals surface area contributed by atoms with Crippen LogP contribution >= 0.6 is 0 Å². The molecule has 2 heterocycles. The number of aromatic nitrogens is 1. The molecule has 2 N–H and O–H groups in total. The van der Waals surface area contributed by atoms with E-state index in [-0.39, 0.29) is 23.7 Å². The second kappa shape index (κ2) is 12.3.